The fourth-order valence-corrected chi connectivity index (χ4v) is 5.81. The molecule has 1 amide bonds. The number of amides is 1. The van der Waals surface area contributed by atoms with Gasteiger partial charge in [-0.15, -0.1) is 0 Å². The molecule has 30 heavy (non-hydrogen) atoms. The standard InChI is InChI=1S/C21H24Cl2N2O4S/c1-14-11-25(12-15(2)29-14)30(27,28)20-10-17(7-8-19(20)23)21(26)24(3)13-16-5-4-6-18(22)9-16/h4-10,14-15H,11-13H2,1-3H3/t14-,15-/m0/s1. The molecule has 0 radical (unpaired) electrons. The number of hydrogen-bond donors (Lipinski definition) is 0. The molecule has 2 aromatic rings. The Hall–Kier alpha value is -1.64. The monoisotopic (exact) mass is 470 g/mol. The number of rotatable bonds is 5. The first kappa shape index (κ1) is 23.0. The van der Waals surface area contributed by atoms with Crippen molar-refractivity contribution < 1.29 is 17.9 Å². The minimum atomic E-state index is -3.87. The van der Waals surface area contributed by atoms with Gasteiger partial charge in [-0.05, 0) is 49.7 Å². The van der Waals surface area contributed by atoms with Crippen LogP contribution in [0.5, 0.6) is 0 Å². The molecule has 0 saturated carbocycles. The molecular weight excluding hydrogens is 447 g/mol. The third-order valence-corrected chi connectivity index (χ3v) is 7.39. The lowest BCUT2D eigenvalue weighted by atomic mass is 10.1. The Kier molecular flexibility index (Phi) is 7.09. The number of hydrogen-bond acceptors (Lipinski definition) is 4. The number of halogens is 2. The van der Waals surface area contributed by atoms with E-state index >= 15 is 0 Å². The van der Waals surface area contributed by atoms with Crippen LogP contribution in [0.4, 0.5) is 0 Å². The van der Waals surface area contributed by atoms with Crippen molar-refractivity contribution >= 4 is 39.1 Å². The van der Waals surface area contributed by atoms with Gasteiger partial charge < -0.3 is 9.64 Å². The third kappa shape index (κ3) is 5.15. The summed E-state index contributed by atoms with van der Waals surface area (Å²) in [5.41, 5.74) is 1.12. The average molecular weight is 471 g/mol. The molecule has 2 aromatic carbocycles. The number of carbonyl (C=O) groups is 1. The van der Waals surface area contributed by atoms with Gasteiger partial charge in [-0.25, -0.2) is 8.42 Å². The lowest BCUT2D eigenvalue weighted by Gasteiger charge is -2.34. The van der Waals surface area contributed by atoms with Crippen molar-refractivity contribution in [3.05, 3.63) is 63.6 Å². The Balaban J connectivity index is 1.86. The molecule has 1 aliphatic rings. The van der Waals surface area contributed by atoms with Gasteiger partial charge in [0.1, 0.15) is 4.90 Å². The Morgan fingerprint density at radius 3 is 2.43 bits per heavy atom. The summed E-state index contributed by atoms with van der Waals surface area (Å²) in [6.07, 6.45) is -0.452. The zero-order valence-electron chi connectivity index (χ0n) is 17.0. The zero-order chi connectivity index (χ0) is 22.1. The van der Waals surface area contributed by atoms with Crippen LogP contribution in [0.1, 0.15) is 29.8 Å². The number of sulfonamides is 1. The molecule has 0 aliphatic carbocycles. The molecule has 3 rings (SSSR count). The van der Waals surface area contributed by atoms with Crippen molar-refractivity contribution in [2.75, 3.05) is 20.1 Å². The smallest absolute Gasteiger partial charge is 0.253 e. The van der Waals surface area contributed by atoms with E-state index in [0.717, 1.165) is 5.56 Å². The minimum absolute atomic E-state index is 0.0764. The van der Waals surface area contributed by atoms with Gasteiger partial charge in [0.2, 0.25) is 10.0 Å². The molecule has 1 saturated heterocycles. The Labute approximate surface area is 187 Å². The van der Waals surface area contributed by atoms with Crippen LogP contribution in [0, 0.1) is 0 Å². The Morgan fingerprint density at radius 1 is 1.13 bits per heavy atom. The van der Waals surface area contributed by atoms with Gasteiger partial charge >= 0.3 is 0 Å². The fraction of sp³-hybridized carbons (Fsp3) is 0.381. The fourth-order valence-electron chi connectivity index (χ4n) is 3.50. The predicted octanol–water partition coefficient (Wildman–Crippen LogP) is 4.06. The maximum Gasteiger partial charge on any atom is 0.253 e. The molecular formula is C21H24Cl2N2O4S. The molecule has 0 aromatic heterocycles. The molecule has 0 N–H and O–H groups in total. The van der Waals surface area contributed by atoms with Gasteiger partial charge in [-0.1, -0.05) is 35.3 Å². The number of ether oxygens (including phenoxy) is 1. The van der Waals surface area contributed by atoms with Crippen molar-refractivity contribution in [1.82, 2.24) is 9.21 Å². The van der Waals surface area contributed by atoms with E-state index in [1.54, 1.807) is 19.2 Å². The van der Waals surface area contributed by atoms with Gasteiger partial charge in [0.15, 0.2) is 0 Å². The molecule has 9 heteroatoms. The summed E-state index contributed by atoms with van der Waals surface area (Å²) in [5.74, 6) is -0.313. The van der Waals surface area contributed by atoms with E-state index in [0.29, 0.717) is 11.6 Å². The van der Waals surface area contributed by atoms with Gasteiger partial charge in [0.25, 0.3) is 5.91 Å². The Bertz CT molecular complexity index is 1040. The van der Waals surface area contributed by atoms with Crippen molar-refractivity contribution in [2.24, 2.45) is 0 Å². The van der Waals surface area contributed by atoms with E-state index < -0.39 is 10.0 Å². The summed E-state index contributed by atoms with van der Waals surface area (Å²) in [7, 11) is -2.22. The molecule has 6 nitrogen and oxygen atoms in total. The zero-order valence-corrected chi connectivity index (χ0v) is 19.3. The predicted molar refractivity (Wildman–Crippen MR) is 117 cm³/mol. The van der Waals surface area contributed by atoms with Crippen molar-refractivity contribution in [3.8, 4) is 0 Å². The van der Waals surface area contributed by atoms with Crippen LogP contribution in [0.25, 0.3) is 0 Å². The van der Waals surface area contributed by atoms with Crippen molar-refractivity contribution in [3.63, 3.8) is 0 Å². The highest BCUT2D eigenvalue weighted by atomic mass is 35.5. The number of benzene rings is 2. The Morgan fingerprint density at radius 2 is 1.80 bits per heavy atom. The van der Waals surface area contributed by atoms with E-state index in [4.69, 9.17) is 27.9 Å². The van der Waals surface area contributed by atoms with Gasteiger partial charge in [0.05, 0.1) is 17.2 Å². The summed E-state index contributed by atoms with van der Waals surface area (Å²) in [6.45, 7) is 4.45. The maximum atomic E-state index is 13.2. The molecule has 0 bridgehead atoms. The van der Waals surface area contributed by atoms with E-state index in [-0.39, 0.29) is 46.7 Å². The summed E-state index contributed by atoms with van der Waals surface area (Å²) in [4.78, 5) is 14.4. The second-order valence-electron chi connectivity index (χ2n) is 7.52. The number of morpholine rings is 1. The normalized spacial score (nSPS) is 20.2. The van der Waals surface area contributed by atoms with Crippen LogP contribution in [0.15, 0.2) is 47.4 Å². The third-order valence-electron chi connectivity index (χ3n) is 4.84. The SMILES string of the molecule is C[C@H]1CN(S(=O)(=O)c2cc(C(=O)N(C)Cc3cccc(Cl)c3)ccc2Cl)C[C@H](C)O1. The van der Waals surface area contributed by atoms with Gasteiger partial charge in [0, 0.05) is 37.3 Å². The summed E-state index contributed by atoms with van der Waals surface area (Å²) < 4.78 is 33.4. The van der Waals surface area contributed by atoms with Crippen molar-refractivity contribution in [1.29, 1.82) is 0 Å². The van der Waals surface area contributed by atoms with Crippen LogP contribution in [-0.4, -0.2) is 55.9 Å². The molecule has 1 heterocycles. The van der Waals surface area contributed by atoms with Crippen LogP contribution in [0.2, 0.25) is 10.0 Å². The van der Waals surface area contributed by atoms with Gasteiger partial charge in [-0.3, -0.25) is 4.79 Å². The molecule has 0 unspecified atom stereocenters. The highest BCUT2D eigenvalue weighted by Crippen LogP contribution is 2.28. The molecule has 0 spiro atoms. The number of carbonyl (C=O) groups excluding carboxylic acids is 1. The highest BCUT2D eigenvalue weighted by molar-refractivity contribution is 7.89. The second-order valence-corrected chi connectivity index (χ2v) is 10.3. The maximum absolute atomic E-state index is 13.2. The highest BCUT2D eigenvalue weighted by Gasteiger charge is 2.34. The summed E-state index contributed by atoms with van der Waals surface area (Å²) in [6, 6.07) is 11.5. The van der Waals surface area contributed by atoms with E-state index in [2.05, 4.69) is 0 Å². The molecule has 162 valence electrons. The van der Waals surface area contributed by atoms with Gasteiger partial charge in [-0.2, -0.15) is 4.31 Å². The minimum Gasteiger partial charge on any atom is -0.373 e. The van der Waals surface area contributed by atoms with Crippen LogP contribution in [0.3, 0.4) is 0 Å². The molecule has 2 atom stereocenters. The average Bonchev–Trinajstić information content (AvgIpc) is 2.67. The first-order valence-corrected chi connectivity index (χ1v) is 11.7. The van der Waals surface area contributed by atoms with E-state index in [1.807, 2.05) is 26.0 Å². The number of nitrogens with zero attached hydrogens (tertiary/aromatic N) is 2. The largest absolute Gasteiger partial charge is 0.373 e. The summed E-state index contributed by atoms with van der Waals surface area (Å²) >= 11 is 12.2. The quantitative estimate of drug-likeness (QED) is 0.660. The lowest BCUT2D eigenvalue weighted by Crippen LogP contribution is -2.48. The first-order chi connectivity index (χ1) is 14.1. The second kappa shape index (κ2) is 9.24. The molecule has 1 aliphatic heterocycles. The van der Waals surface area contributed by atoms with Crippen LogP contribution < -0.4 is 0 Å². The topological polar surface area (TPSA) is 66.9 Å². The first-order valence-electron chi connectivity index (χ1n) is 9.53. The summed E-state index contributed by atoms with van der Waals surface area (Å²) in [5, 5.41) is 0.665. The lowest BCUT2D eigenvalue weighted by molar-refractivity contribution is -0.0440. The van der Waals surface area contributed by atoms with Crippen LogP contribution >= 0.6 is 23.2 Å². The molecule has 1 fully saturated rings. The van der Waals surface area contributed by atoms with Crippen LogP contribution in [-0.2, 0) is 21.3 Å². The van der Waals surface area contributed by atoms with Crippen molar-refractivity contribution in [2.45, 2.75) is 37.5 Å². The van der Waals surface area contributed by atoms with E-state index in [9.17, 15) is 13.2 Å². The van der Waals surface area contributed by atoms with E-state index in [1.165, 1.54) is 27.4 Å².